The Morgan fingerprint density at radius 2 is 2.04 bits per heavy atom. The third-order valence-electron chi connectivity index (χ3n) is 2.91. The van der Waals surface area contributed by atoms with Gasteiger partial charge in [-0.2, -0.15) is 0 Å². The van der Waals surface area contributed by atoms with Gasteiger partial charge in [-0.05, 0) is 36.4 Å². The van der Waals surface area contributed by atoms with Crippen LogP contribution in [0.1, 0.15) is 0 Å². The van der Waals surface area contributed by atoms with Gasteiger partial charge in [-0.1, -0.05) is 39.8 Å². The van der Waals surface area contributed by atoms with Gasteiger partial charge in [0.25, 0.3) is 5.22 Å². The van der Waals surface area contributed by atoms with Crippen LogP contribution in [0.3, 0.4) is 0 Å². The average Bonchev–Trinajstić information content (AvgIpc) is 3.02. The van der Waals surface area contributed by atoms with Crippen molar-refractivity contribution in [3.63, 3.8) is 0 Å². The van der Waals surface area contributed by atoms with Crippen molar-refractivity contribution in [2.75, 3.05) is 11.1 Å². The molecule has 2 aromatic carbocycles. The second-order valence-electron chi connectivity index (χ2n) is 4.73. The van der Waals surface area contributed by atoms with Crippen LogP contribution < -0.4 is 5.32 Å². The van der Waals surface area contributed by atoms with Gasteiger partial charge in [-0.3, -0.25) is 4.79 Å². The topological polar surface area (TPSA) is 68.0 Å². The lowest BCUT2D eigenvalue weighted by Crippen LogP contribution is -2.14. The van der Waals surface area contributed by atoms with Crippen LogP contribution in [0.25, 0.3) is 11.5 Å². The highest BCUT2D eigenvalue weighted by molar-refractivity contribution is 9.10. The first-order valence-corrected chi connectivity index (χ1v) is 8.66. The third kappa shape index (κ3) is 4.42. The molecule has 5 nitrogen and oxygen atoms in total. The minimum Gasteiger partial charge on any atom is -0.411 e. The van der Waals surface area contributed by atoms with E-state index in [1.807, 2.05) is 24.3 Å². The van der Waals surface area contributed by atoms with E-state index in [0.29, 0.717) is 16.8 Å². The van der Waals surface area contributed by atoms with E-state index < -0.39 is 5.82 Å². The monoisotopic (exact) mass is 407 g/mol. The summed E-state index contributed by atoms with van der Waals surface area (Å²) in [5.74, 6) is -0.232. The summed E-state index contributed by atoms with van der Waals surface area (Å²) < 4.78 is 19.5. The molecule has 1 aromatic heterocycles. The molecule has 0 aliphatic rings. The highest BCUT2D eigenvalue weighted by Gasteiger charge is 2.11. The maximum atomic E-state index is 13.1. The van der Waals surface area contributed by atoms with E-state index in [1.54, 1.807) is 6.07 Å². The van der Waals surface area contributed by atoms with Crippen molar-refractivity contribution in [2.24, 2.45) is 0 Å². The Bertz CT molecular complexity index is 872. The van der Waals surface area contributed by atoms with Gasteiger partial charge in [0, 0.05) is 15.7 Å². The highest BCUT2D eigenvalue weighted by atomic mass is 79.9. The van der Waals surface area contributed by atoms with Crippen LogP contribution in [0.2, 0.25) is 0 Å². The molecular weight excluding hydrogens is 397 g/mol. The van der Waals surface area contributed by atoms with Gasteiger partial charge in [-0.15, -0.1) is 10.2 Å². The van der Waals surface area contributed by atoms with Crippen molar-refractivity contribution in [1.29, 1.82) is 0 Å². The summed E-state index contributed by atoms with van der Waals surface area (Å²) in [5, 5.41) is 10.8. The van der Waals surface area contributed by atoms with E-state index in [4.69, 9.17) is 4.42 Å². The van der Waals surface area contributed by atoms with E-state index in [1.165, 1.54) is 18.2 Å². The molecule has 1 amide bonds. The number of nitrogens with zero attached hydrogens (tertiary/aromatic N) is 2. The second-order valence-corrected chi connectivity index (χ2v) is 6.57. The Morgan fingerprint density at radius 1 is 1.21 bits per heavy atom. The zero-order valence-corrected chi connectivity index (χ0v) is 14.6. The number of hydrogen-bond acceptors (Lipinski definition) is 5. The van der Waals surface area contributed by atoms with Crippen molar-refractivity contribution in [3.05, 3.63) is 58.8 Å². The van der Waals surface area contributed by atoms with Crippen molar-refractivity contribution in [1.82, 2.24) is 10.2 Å². The zero-order chi connectivity index (χ0) is 16.9. The SMILES string of the molecule is O=C(CSc1nnc(-c2cccc(Br)c2)o1)Nc1cccc(F)c1. The molecule has 1 N–H and O–H groups in total. The average molecular weight is 408 g/mol. The van der Waals surface area contributed by atoms with E-state index in [2.05, 4.69) is 31.4 Å². The Kier molecular flexibility index (Phi) is 5.27. The summed E-state index contributed by atoms with van der Waals surface area (Å²) in [7, 11) is 0. The van der Waals surface area contributed by atoms with Crippen LogP contribution in [0.4, 0.5) is 10.1 Å². The lowest BCUT2D eigenvalue weighted by atomic mass is 10.2. The molecule has 0 unspecified atom stereocenters. The number of rotatable bonds is 5. The zero-order valence-electron chi connectivity index (χ0n) is 12.2. The molecule has 3 aromatic rings. The summed E-state index contributed by atoms with van der Waals surface area (Å²) in [6.45, 7) is 0. The summed E-state index contributed by atoms with van der Waals surface area (Å²) >= 11 is 4.49. The van der Waals surface area contributed by atoms with Crippen molar-refractivity contribution in [3.8, 4) is 11.5 Å². The molecule has 0 aliphatic carbocycles. The predicted octanol–water partition coefficient (Wildman–Crippen LogP) is 4.37. The first kappa shape index (κ1) is 16.7. The molecule has 0 saturated heterocycles. The van der Waals surface area contributed by atoms with Crippen LogP contribution in [0.5, 0.6) is 0 Å². The second kappa shape index (κ2) is 7.59. The number of nitrogens with one attached hydrogen (secondary N) is 1. The molecule has 0 atom stereocenters. The molecule has 0 saturated carbocycles. The predicted molar refractivity (Wildman–Crippen MR) is 93.2 cm³/mol. The molecule has 1 heterocycles. The number of hydrogen-bond donors (Lipinski definition) is 1. The molecule has 0 spiro atoms. The number of carbonyl (C=O) groups is 1. The van der Waals surface area contributed by atoms with E-state index in [0.717, 1.165) is 21.8 Å². The third-order valence-corrected chi connectivity index (χ3v) is 4.22. The lowest BCUT2D eigenvalue weighted by Gasteiger charge is -2.03. The maximum absolute atomic E-state index is 13.1. The number of carbonyl (C=O) groups excluding carboxylic acids is 1. The summed E-state index contributed by atoms with van der Waals surface area (Å²) in [5.41, 5.74) is 1.19. The maximum Gasteiger partial charge on any atom is 0.277 e. The van der Waals surface area contributed by atoms with Gasteiger partial charge in [0.15, 0.2) is 0 Å². The largest absolute Gasteiger partial charge is 0.411 e. The molecule has 0 radical (unpaired) electrons. The van der Waals surface area contributed by atoms with Crippen molar-refractivity contribution < 1.29 is 13.6 Å². The van der Waals surface area contributed by atoms with Gasteiger partial charge in [0.1, 0.15) is 5.82 Å². The van der Waals surface area contributed by atoms with Gasteiger partial charge in [-0.25, -0.2) is 4.39 Å². The Labute approximate surface area is 149 Å². The standard InChI is InChI=1S/C16H11BrFN3O2S/c17-11-4-1-3-10(7-11)15-20-21-16(23-15)24-9-14(22)19-13-6-2-5-12(18)8-13/h1-8H,9H2,(H,19,22). The molecule has 0 aliphatic heterocycles. The van der Waals surface area contributed by atoms with Crippen LogP contribution in [0.15, 0.2) is 62.6 Å². The van der Waals surface area contributed by atoms with Gasteiger partial charge < -0.3 is 9.73 Å². The minimum absolute atomic E-state index is 0.0800. The fourth-order valence-corrected chi connectivity index (χ4v) is 2.86. The minimum atomic E-state index is -0.406. The first-order valence-electron chi connectivity index (χ1n) is 6.88. The van der Waals surface area contributed by atoms with E-state index in [9.17, 15) is 9.18 Å². The van der Waals surface area contributed by atoms with Crippen molar-refractivity contribution in [2.45, 2.75) is 5.22 Å². The fourth-order valence-electron chi connectivity index (χ4n) is 1.90. The Morgan fingerprint density at radius 3 is 2.83 bits per heavy atom. The molecule has 0 bridgehead atoms. The molecule has 24 heavy (non-hydrogen) atoms. The summed E-state index contributed by atoms with van der Waals surface area (Å²) in [4.78, 5) is 11.9. The van der Waals surface area contributed by atoms with E-state index in [-0.39, 0.29) is 11.7 Å². The molecule has 3 rings (SSSR count). The number of benzene rings is 2. The number of amides is 1. The molecular formula is C16H11BrFN3O2S. The van der Waals surface area contributed by atoms with Crippen LogP contribution in [-0.4, -0.2) is 21.9 Å². The molecule has 122 valence electrons. The quantitative estimate of drug-likeness (QED) is 0.635. The normalized spacial score (nSPS) is 10.6. The van der Waals surface area contributed by atoms with Crippen LogP contribution >= 0.6 is 27.7 Å². The smallest absolute Gasteiger partial charge is 0.277 e. The Balaban J connectivity index is 1.58. The van der Waals surface area contributed by atoms with Crippen LogP contribution in [0, 0.1) is 5.82 Å². The summed E-state index contributed by atoms with van der Waals surface area (Å²) in [6.07, 6.45) is 0. The van der Waals surface area contributed by atoms with Crippen molar-refractivity contribution >= 4 is 39.3 Å². The van der Waals surface area contributed by atoms with E-state index >= 15 is 0 Å². The first-order chi connectivity index (χ1) is 11.6. The molecule has 0 fully saturated rings. The Hall–Kier alpha value is -2.19. The fraction of sp³-hybridized carbons (Fsp3) is 0.0625. The number of halogens is 2. The number of aromatic nitrogens is 2. The lowest BCUT2D eigenvalue weighted by molar-refractivity contribution is -0.113. The highest BCUT2D eigenvalue weighted by Crippen LogP contribution is 2.25. The van der Waals surface area contributed by atoms with Crippen LogP contribution in [-0.2, 0) is 4.79 Å². The number of anilines is 1. The number of thioether (sulfide) groups is 1. The van der Waals surface area contributed by atoms with Gasteiger partial charge in [0.2, 0.25) is 11.8 Å². The summed E-state index contributed by atoms with van der Waals surface area (Å²) in [6, 6.07) is 13.2. The molecule has 8 heteroatoms. The van der Waals surface area contributed by atoms with Gasteiger partial charge >= 0.3 is 0 Å². The van der Waals surface area contributed by atoms with Gasteiger partial charge in [0.05, 0.1) is 5.75 Å².